The summed E-state index contributed by atoms with van der Waals surface area (Å²) >= 11 is 11.8. The van der Waals surface area contributed by atoms with Gasteiger partial charge in [-0.05, 0) is 31.9 Å². The second kappa shape index (κ2) is 10.2. The van der Waals surface area contributed by atoms with Crippen molar-refractivity contribution in [1.29, 1.82) is 0 Å². The number of likely N-dealkylation sites (tertiary alicyclic amines) is 1. The molecule has 0 radical (unpaired) electrons. The molecule has 1 unspecified atom stereocenters. The number of rotatable bonds is 8. The highest BCUT2D eigenvalue weighted by Gasteiger charge is 2.36. The molecule has 0 bridgehead atoms. The van der Waals surface area contributed by atoms with Crippen LogP contribution in [-0.2, 0) is 4.79 Å². The number of ketones is 1. The molecule has 178 valence electrons. The van der Waals surface area contributed by atoms with Gasteiger partial charge in [-0.2, -0.15) is 4.98 Å². The Balaban J connectivity index is 1.68. The van der Waals surface area contributed by atoms with Gasteiger partial charge in [-0.15, -0.1) is 5.10 Å². The number of Topliss-reactive ketones (excluding diaryl/α,β-unsaturated/α-hetero) is 1. The van der Waals surface area contributed by atoms with Crippen LogP contribution in [0.2, 0.25) is 10.3 Å². The van der Waals surface area contributed by atoms with Crippen LogP contribution in [0, 0.1) is 17.0 Å². The number of carbonyl (C=O) groups excluding carboxylic acids is 1. The number of ether oxygens (including phenoxy) is 1. The summed E-state index contributed by atoms with van der Waals surface area (Å²) in [5, 5.41) is 28.2. The molecule has 1 saturated heterocycles. The highest BCUT2D eigenvalue weighted by atomic mass is 35.5. The minimum absolute atomic E-state index is 0.0331. The van der Waals surface area contributed by atoms with Crippen LogP contribution in [0.15, 0.2) is 6.20 Å². The minimum Gasteiger partial charge on any atom is -0.472 e. The van der Waals surface area contributed by atoms with Crippen LogP contribution >= 0.6 is 23.2 Å². The molecule has 2 atom stereocenters. The van der Waals surface area contributed by atoms with Crippen molar-refractivity contribution in [2.24, 2.45) is 0 Å². The molecule has 3 heterocycles. The van der Waals surface area contributed by atoms with Gasteiger partial charge in [-0.25, -0.2) is 14.5 Å². The fraction of sp³-hybridized carbons (Fsp3) is 0.500. The molecule has 0 spiro atoms. The Kier molecular flexibility index (Phi) is 7.53. The van der Waals surface area contributed by atoms with E-state index in [4.69, 9.17) is 33.0 Å². The Morgan fingerprint density at radius 2 is 2.21 bits per heavy atom. The zero-order valence-electron chi connectivity index (χ0n) is 17.7. The molecule has 2 aromatic heterocycles. The summed E-state index contributed by atoms with van der Waals surface area (Å²) in [6.45, 7) is 3.20. The van der Waals surface area contributed by atoms with Crippen molar-refractivity contribution in [3.05, 3.63) is 32.3 Å². The molecule has 1 amide bonds. The van der Waals surface area contributed by atoms with Crippen LogP contribution in [0.3, 0.4) is 0 Å². The first-order chi connectivity index (χ1) is 15.6. The lowest BCUT2D eigenvalue weighted by Crippen LogP contribution is -2.44. The predicted molar refractivity (Wildman–Crippen MR) is 117 cm³/mol. The van der Waals surface area contributed by atoms with Crippen molar-refractivity contribution in [3.63, 3.8) is 0 Å². The van der Waals surface area contributed by atoms with Crippen molar-refractivity contribution >= 4 is 46.6 Å². The lowest BCUT2D eigenvalue weighted by atomic mass is 10.0. The van der Waals surface area contributed by atoms with Crippen molar-refractivity contribution in [3.8, 4) is 5.88 Å². The van der Waals surface area contributed by atoms with Crippen LogP contribution in [-0.4, -0.2) is 72.3 Å². The Labute approximate surface area is 197 Å². The van der Waals surface area contributed by atoms with Crippen LogP contribution in [0.4, 0.5) is 16.3 Å². The maximum Gasteiger partial charge on any atom is 0.407 e. The highest BCUT2D eigenvalue weighted by Crippen LogP contribution is 2.33. The fourth-order valence-electron chi connectivity index (χ4n) is 3.41. The van der Waals surface area contributed by atoms with Gasteiger partial charge in [0.15, 0.2) is 5.78 Å². The van der Waals surface area contributed by atoms with E-state index in [0.29, 0.717) is 12.2 Å². The first-order valence-electron chi connectivity index (χ1n) is 9.90. The number of carboxylic acid groups (broad SMARTS) is 1. The Hall–Kier alpha value is -3.19. The lowest BCUT2D eigenvalue weighted by Gasteiger charge is -2.29. The van der Waals surface area contributed by atoms with E-state index >= 15 is 0 Å². The van der Waals surface area contributed by atoms with Crippen molar-refractivity contribution < 1.29 is 24.4 Å². The molecule has 1 fully saturated rings. The maximum atomic E-state index is 12.5. The zero-order valence-corrected chi connectivity index (χ0v) is 19.2. The number of aromatic nitrogens is 4. The number of anilines is 1. The van der Waals surface area contributed by atoms with E-state index in [9.17, 15) is 19.7 Å². The van der Waals surface area contributed by atoms with Gasteiger partial charge in [0.05, 0.1) is 24.3 Å². The number of amides is 1. The Morgan fingerprint density at radius 1 is 1.48 bits per heavy atom. The average Bonchev–Trinajstić information content (AvgIpc) is 3.06. The third-order valence-corrected chi connectivity index (χ3v) is 5.57. The molecule has 0 saturated carbocycles. The van der Waals surface area contributed by atoms with E-state index in [1.165, 1.54) is 17.8 Å². The average molecular weight is 502 g/mol. The standard InChI is InChI=1S/C18H21Cl2N7O6/c1-9(22-15-11(19)7-21-17(20)23-15)4-6-33-16-14(27(31)32)10(2)26(24-16)12-3-5-25(18(29)30)8-13(12)28/h7,9,12H,3-6,8H2,1-2H3,(H,29,30)(H,21,22,23)/t9-,12?/m1/s1. The second-order valence-electron chi connectivity index (χ2n) is 7.43. The van der Waals surface area contributed by atoms with Crippen molar-refractivity contribution in [2.75, 3.05) is 25.0 Å². The molecule has 0 aromatic carbocycles. The molecule has 0 aliphatic carbocycles. The summed E-state index contributed by atoms with van der Waals surface area (Å²) < 4.78 is 6.84. The minimum atomic E-state index is -1.19. The topological polar surface area (TPSA) is 166 Å². The molecule has 15 heteroatoms. The van der Waals surface area contributed by atoms with E-state index < -0.39 is 22.8 Å². The summed E-state index contributed by atoms with van der Waals surface area (Å²) in [5.74, 6) is -0.253. The first-order valence-corrected chi connectivity index (χ1v) is 10.7. The number of nitro groups is 1. The third kappa shape index (κ3) is 5.60. The molecule has 1 aliphatic heterocycles. The Morgan fingerprint density at radius 3 is 2.85 bits per heavy atom. The number of hydrogen-bond donors (Lipinski definition) is 2. The van der Waals surface area contributed by atoms with Gasteiger partial charge in [0, 0.05) is 19.0 Å². The molecular formula is C18H21Cl2N7O6. The van der Waals surface area contributed by atoms with Crippen LogP contribution in [0.1, 0.15) is 31.5 Å². The number of carbonyl (C=O) groups is 2. The maximum absolute atomic E-state index is 12.5. The zero-order chi connectivity index (χ0) is 24.3. The second-order valence-corrected chi connectivity index (χ2v) is 8.18. The van der Waals surface area contributed by atoms with Crippen molar-refractivity contribution in [1.82, 2.24) is 24.6 Å². The van der Waals surface area contributed by atoms with E-state index in [0.717, 1.165) is 4.90 Å². The van der Waals surface area contributed by atoms with Gasteiger partial charge in [-0.1, -0.05) is 11.6 Å². The quantitative estimate of drug-likeness (QED) is 0.311. The summed E-state index contributed by atoms with van der Waals surface area (Å²) in [4.78, 5) is 43.3. The van der Waals surface area contributed by atoms with Gasteiger partial charge >= 0.3 is 17.7 Å². The number of nitrogens with zero attached hydrogens (tertiary/aromatic N) is 6. The SMILES string of the molecule is Cc1c([N+](=O)[O-])c(OCC[C@@H](C)Nc2nc(Cl)ncc2Cl)nn1C1CCN(C(=O)O)CC1=O. The van der Waals surface area contributed by atoms with Crippen molar-refractivity contribution in [2.45, 2.75) is 38.8 Å². The number of piperidine rings is 1. The summed E-state index contributed by atoms with van der Waals surface area (Å²) in [6, 6.07) is -0.987. The first kappa shape index (κ1) is 24.5. The predicted octanol–water partition coefficient (Wildman–Crippen LogP) is 2.96. The molecule has 1 aliphatic rings. The van der Waals surface area contributed by atoms with Crippen LogP contribution in [0.5, 0.6) is 5.88 Å². The van der Waals surface area contributed by atoms with Gasteiger partial charge in [0.1, 0.15) is 22.6 Å². The largest absolute Gasteiger partial charge is 0.472 e. The number of hydrogen-bond acceptors (Lipinski definition) is 9. The summed E-state index contributed by atoms with van der Waals surface area (Å²) in [6.07, 6.45) is 0.746. The molecular weight excluding hydrogens is 481 g/mol. The summed E-state index contributed by atoms with van der Waals surface area (Å²) in [7, 11) is 0. The van der Waals surface area contributed by atoms with Gasteiger partial charge in [-0.3, -0.25) is 14.9 Å². The fourth-order valence-corrected chi connectivity index (χ4v) is 3.69. The molecule has 2 aromatic rings. The smallest absolute Gasteiger partial charge is 0.407 e. The van der Waals surface area contributed by atoms with E-state index in [1.54, 1.807) is 0 Å². The highest BCUT2D eigenvalue weighted by molar-refractivity contribution is 6.33. The van der Waals surface area contributed by atoms with Gasteiger partial charge in [0.25, 0.3) is 0 Å². The molecule has 13 nitrogen and oxygen atoms in total. The lowest BCUT2D eigenvalue weighted by molar-refractivity contribution is -0.386. The normalized spacial score (nSPS) is 17.0. The number of nitrogens with one attached hydrogen (secondary N) is 1. The molecule has 3 rings (SSSR count). The van der Waals surface area contributed by atoms with Gasteiger partial charge < -0.3 is 20.1 Å². The van der Waals surface area contributed by atoms with E-state index in [1.807, 2.05) is 6.92 Å². The third-order valence-electron chi connectivity index (χ3n) is 5.11. The Bertz CT molecular complexity index is 1080. The van der Waals surface area contributed by atoms with Crippen LogP contribution < -0.4 is 10.1 Å². The van der Waals surface area contributed by atoms with E-state index in [-0.39, 0.29) is 59.7 Å². The number of halogens is 2. The molecule has 2 N–H and O–H groups in total. The monoisotopic (exact) mass is 501 g/mol. The molecule has 33 heavy (non-hydrogen) atoms. The van der Waals surface area contributed by atoms with Gasteiger partial charge in [0.2, 0.25) is 5.28 Å². The van der Waals surface area contributed by atoms with E-state index in [2.05, 4.69) is 20.4 Å². The summed E-state index contributed by atoms with van der Waals surface area (Å²) in [5.41, 5.74) is -0.180. The van der Waals surface area contributed by atoms with Crippen LogP contribution in [0.25, 0.3) is 0 Å².